The summed E-state index contributed by atoms with van der Waals surface area (Å²) in [7, 11) is 0. The topological polar surface area (TPSA) is 137 Å². The predicted octanol–water partition coefficient (Wildman–Crippen LogP) is 3.08. The smallest absolute Gasteiger partial charge is 0.336 e. The number of benzene rings is 3. The monoisotopic (exact) mass is 433 g/mol. The Balaban J connectivity index is 1.98. The van der Waals surface area contributed by atoms with E-state index in [1.54, 1.807) is 12.1 Å². The summed E-state index contributed by atoms with van der Waals surface area (Å²) in [6.07, 6.45) is -0.745. The maximum atomic E-state index is 12.4. The molecule has 1 amide bonds. The molecule has 32 heavy (non-hydrogen) atoms. The van der Waals surface area contributed by atoms with Crippen molar-refractivity contribution in [1.29, 1.82) is 0 Å². The van der Waals surface area contributed by atoms with E-state index in [-0.39, 0.29) is 40.2 Å². The number of carbonyl (C=O) groups excluding carboxylic acids is 1. The second-order valence-corrected chi connectivity index (χ2v) is 7.44. The first-order valence-corrected chi connectivity index (χ1v) is 9.78. The van der Waals surface area contributed by atoms with Gasteiger partial charge in [-0.1, -0.05) is 6.07 Å². The van der Waals surface area contributed by atoms with Crippen molar-refractivity contribution in [3.63, 3.8) is 0 Å². The van der Waals surface area contributed by atoms with Crippen molar-refractivity contribution in [1.82, 2.24) is 5.32 Å². The lowest BCUT2D eigenvalue weighted by molar-refractivity contribution is 0.0697. The summed E-state index contributed by atoms with van der Waals surface area (Å²) in [6, 6.07) is 12.9. The molecule has 2 aliphatic rings. The van der Waals surface area contributed by atoms with Crippen LogP contribution in [0.25, 0.3) is 33.4 Å². The number of carbonyl (C=O) groups is 2. The van der Waals surface area contributed by atoms with Gasteiger partial charge in [0.25, 0.3) is 5.91 Å². The number of nitrogens with one attached hydrogen (secondary N) is 1. The molecule has 162 valence electrons. The summed E-state index contributed by atoms with van der Waals surface area (Å²) in [5.41, 5.74) is 1.32. The van der Waals surface area contributed by atoms with Gasteiger partial charge < -0.3 is 25.1 Å². The molecule has 1 aliphatic carbocycles. The zero-order valence-corrected chi connectivity index (χ0v) is 17.0. The van der Waals surface area contributed by atoms with E-state index >= 15 is 0 Å². The number of aromatic carboxylic acids is 1. The lowest BCUT2D eigenvalue weighted by atomic mass is 9.90. The molecule has 0 saturated heterocycles. The first-order chi connectivity index (χ1) is 15.2. The number of amides is 1. The first kappa shape index (κ1) is 21.1. The van der Waals surface area contributed by atoms with Crippen LogP contribution in [0.15, 0.2) is 63.8 Å². The van der Waals surface area contributed by atoms with Crippen LogP contribution >= 0.6 is 0 Å². The number of fused-ring (bicyclic) bond motifs is 2. The number of hydrogen-bond acceptors (Lipinski definition) is 6. The molecule has 0 radical (unpaired) electrons. The van der Waals surface area contributed by atoms with Crippen LogP contribution in [-0.2, 0) is 0 Å². The van der Waals surface area contributed by atoms with Crippen molar-refractivity contribution in [2.24, 2.45) is 0 Å². The molecule has 2 aromatic carbocycles. The number of carboxylic acids is 1. The largest absolute Gasteiger partial charge is 0.508 e. The Morgan fingerprint density at radius 3 is 2.50 bits per heavy atom. The van der Waals surface area contributed by atoms with Gasteiger partial charge in [0.1, 0.15) is 17.1 Å². The van der Waals surface area contributed by atoms with Crippen molar-refractivity contribution in [3.05, 3.63) is 75.9 Å². The zero-order valence-electron chi connectivity index (χ0n) is 17.0. The van der Waals surface area contributed by atoms with Crippen LogP contribution in [0.4, 0.5) is 0 Å². The summed E-state index contributed by atoms with van der Waals surface area (Å²) in [5, 5.41) is 32.2. The maximum absolute atomic E-state index is 12.4. The van der Waals surface area contributed by atoms with Crippen molar-refractivity contribution in [3.8, 4) is 28.2 Å². The highest BCUT2D eigenvalue weighted by Gasteiger charge is 2.23. The van der Waals surface area contributed by atoms with Crippen molar-refractivity contribution in [2.45, 2.75) is 13.0 Å². The van der Waals surface area contributed by atoms with Crippen LogP contribution in [0.3, 0.4) is 0 Å². The third kappa shape index (κ3) is 3.91. The van der Waals surface area contributed by atoms with Gasteiger partial charge in [-0.2, -0.15) is 0 Å². The third-order valence-electron chi connectivity index (χ3n) is 5.02. The van der Waals surface area contributed by atoms with Crippen molar-refractivity contribution >= 4 is 22.8 Å². The van der Waals surface area contributed by atoms with Gasteiger partial charge in [-0.3, -0.25) is 9.59 Å². The fourth-order valence-corrected chi connectivity index (χ4v) is 3.57. The van der Waals surface area contributed by atoms with E-state index in [1.807, 2.05) is 0 Å². The van der Waals surface area contributed by atoms with E-state index in [1.165, 1.54) is 49.4 Å². The zero-order chi connectivity index (χ0) is 23.0. The van der Waals surface area contributed by atoms with E-state index in [4.69, 9.17) is 4.42 Å². The Bertz CT molecular complexity index is 1390. The van der Waals surface area contributed by atoms with Gasteiger partial charge in [0.2, 0.25) is 0 Å². The van der Waals surface area contributed by atoms with Crippen LogP contribution in [0, 0.1) is 0 Å². The van der Waals surface area contributed by atoms with Gasteiger partial charge in [0.05, 0.1) is 11.7 Å². The quantitative estimate of drug-likeness (QED) is 0.355. The fraction of sp³-hybridized carbons (Fsp3) is 0.125. The number of hydrogen-bond donors (Lipinski definition) is 4. The Morgan fingerprint density at radius 2 is 1.78 bits per heavy atom. The van der Waals surface area contributed by atoms with Gasteiger partial charge in [0, 0.05) is 40.8 Å². The van der Waals surface area contributed by atoms with E-state index in [0.717, 1.165) is 0 Å². The minimum atomic E-state index is -1.24. The Morgan fingerprint density at radius 1 is 1.03 bits per heavy atom. The molecule has 1 heterocycles. The summed E-state index contributed by atoms with van der Waals surface area (Å²) >= 11 is 0. The molecule has 1 aliphatic heterocycles. The average molecular weight is 433 g/mol. The van der Waals surface area contributed by atoms with Crippen molar-refractivity contribution < 1.29 is 29.3 Å². The molecule has 4 N–H and O–H groups in total. The first-order valence-electron chi connectivity index (χ1n) is 9.78. The Hall–Kier alpha value is -4.17. The van der Waals surface area contributed by atoms with Crippen LogP contribution in [0.1, 0.15) is 27.6 Å². The molecular formula is C24H19NO7. The molecule has 0 bridgehead atoms. The lowest BCUT2D eigenvalue weighted by Crippen LogP contribution is -2.30. The van der Waals surface area contributed by atoms with Crippen LogP contribution < -0.4 is 10.7 Å². The minimum Gasteiger partial charge on any atom is -0.508 e. The van der Waals surface area contributed by atoms with Crippen LogP contribution in [0.5, 0.6) is 5.75 Å². The number of rotatable bonds is 5. The lowest BCUT2D eigenvalue weighted by Gasteiger charge is -2.17. The highest BCUT2D eigenvalue weighted by molar-refractivity contribution is 6.09. The molecule has 0 aromatic heterocycles. The number of aliphatic hydroxyl groups is 1. The molecule has 4 rings (SSSR count). The molecular weight excluding hydrogens is 414 g/mol. The SMILES string of the molecule is C[C@H](O)CNC(=O)c1ccc(-c2c3ccc(=O)cc-3oc3cc(O)ccc23)c(C(=O)O)c1. The highest BCUT2D eigenvalue weighted by atomic mass is 16.4. The second kappa shape index (κ2) is 8.16. The average Bonchev–Trinajstić information content (AvgIpc) is 2.75. The number of carboxylic acid groups (broad SMARTS) is 1. The molecule has 8 nitrogen and oxygen atoms in total. The molecule has 0 unspecified atom stereocenters. The van der Waals surface area contributed by atoms with Gasteiger partial charge >= 0.3 is 5.97 Å². The Labute approximate surface area is 181 Å². The predicted molar refractivity (Wildman–Crippen MR) is 117 cm³/mol. The molecule has 2 aromatic rings. The summed E-state index contributed by atoms with van der Waals surface area (Å²) in [6.45, 7) is 1.55. The third-order valence-corrected chi connectivity index (χ3v) is 5.02. The van der Waals surface area contributed by atoms with Crippen LogP contribution in [0.2, 0.25) is 0 Å². The van der Waals surface area contributed by atoms with Gasteiger partial charge in [-0.05, 0) is 48.9 Å². The van der Waals surface area contributed by atoms with Gasteiger partial charge in [0.15, 0.2) is 5.43 Å². The van der Waals surface area contributed by atoms with E-state index in [2.05, 4.69) is 5.32 Å². The number of phenols is 1. The van der Waals surface area contributed by atoms with Gasteiger partial charge in [-0.15, -0.1) is 0 Å². The van der Waals surface area contributed by atoms with Gasteiger partial charge in [-0.25, -0.2) is 4.79 Å². The van der Waals surface area contributed by atoms with E-state index in [0.29, 0.717) is 22.1 Å². The van der Waals surface area contributed by atoms with E-state index in [9.17, 15) is 29.7 Å². The highest BCUT2D eigenvalue weighted by Crippen LogP contribution is 2.42. The molecule has 8 heteroatoms. The second-order valence-electron chi connectivity index (χ2n) is 7.44. The minimum absolute atomic E-state index is 0.0273. The number of aliphatic hydroxyl groups excluding tert-OH is 1. The molecule has 0 fully saturated rings. The summed E-state index contributed by atoms with van der Waals surface area (Å²) < 4.78 is 5.79. The maximum Gasteiger partial charge on any atom is 0.336 e. The van der Waals surface area contributed by atoms with E-state index < -0.39 is 18.0 Å². The fourth-order valence-electron chi connectivity index (χ4n) is 3.57. The summed E-state index contributed by atoms with van der Waals surface area (Å²) in [5.74, 6) is -1.57. The molecule has 0 spiro atoms. The number of aromatic hydroxyl groups is 1. The van der Waals surface area contributed by atoms with Crippen molar-refractivity contribution in [2.75, 3.05) is 6.54 Å². The van der Waals surface area contributed by atoms with Crippen LogP contribution in [-0.4, -0.2) is 39.8 Å². The molecule has 0 saturated carbocycles. The normalized spacial score (nSPS) is 12.1. The molecule has 1 atom stereocenters. The number of phenolic OH excluding ortho intramolecular Hbond substituents is 1. The Kier molecular flexibility index (Phi) is 5.38. The summed E-state index contributed by atoms with van der Waals surface area (Å²) in [4.78, 5) is 36.4. The standard InChI is InChI=1S/C24H19NO7/c1-12(26)11-25-23(29)13-2-5-16(19(8-13)24(30)31)22-17-6-3-14(27)9-20(17)32-21-10-15(28)4-7-18(21)22/h2-10,12,26-27H,11H2,1H3,(H,25,29)(H,30,31)/t12-/m0/s1.